The molecule has 1 fully saturated rings. The minimum Gasteiger partial charge on any atom is -0.306 e. The second-order valence-corrected chi connectivity index (χ2v) is 6.77. The predicted octanol–water partition coefficient (Wildman–Crippen LogP) is 1.23. The van der Waals surface area contributed by atoms with E-state index < -0.39 is 10.0 Å². The molecule has 1 saturated heterocycles. The summed E-state index contributed by atoms with van der Waals surface area (Å²) in [5, 5.41) is 0. The van der Waals surface area contributed by atoms with Crippen LogP contribution in [0.25, 0.3) is 0 Å². The Bertz CT molecular complexity index is 513. The van der Waals surface area contributed by atoms with Crippen LogP contribution in [0.3, 0.4) is 0 Å². The van der Waals surface area contributed by atoms with E-state index in [1.165, 1.54) is 0 Å². The van der Waals surface area contributed by atoms with Crippen LogP contribution >= 0.6 is 0 Å². The van der Waals surface area contributed by atoms with Crippen LogP contribution in [-0.2, 0) is 10.0 Å². The molecule has 5 heteroatoms. The molecule has 1 aromatic carbocycles. The highest BCUT2D eigenvalue weighted by molar-refractivity contribution is 7.89. The van der Waals surface area contributed by atoms with Crippen LogP contribution in [-0.4, -0.2) is 40.0 Å². The molecule has 1 unspecified atom stereocenters. The van der Waals surface area contributed by atoms with Gasteiger partial charge < -0.3 is 4.90 Å². The second kappa shape index (κ2) is 5.38. The third kappa shape index (κ3) is 3.10. The highest BCUT2D eigenvalue weighted by Gasteiger charge is 2.22. The number of aryl methyl sites for hydroxylation is 1. The van der Waals surface area contributed by atoms with Gasteiger partial charge in [0.25, 0.3) is 0 Å². The fourth-order valence-electron chi connectivity index (χ4n) is 2.36. The van der Waals surface area contributed by atoms with Crippen LogP contribution in [0.4, 0.5) is 0 Å². The SMILES string of the molecule is Cc1ccccc1S(=O)(=O)NCC1CCN(C)C1. The molecule has 1 aliphatic heterocycles. The van der Waals surface area contributed by atoms with Crippen molar-refractivity contribution in [1.82, 2.24) is 9.62 Å². The monoisotopic (exact) mass is 268 g/mol. The minimum absolute atomic E-state index is 0.386. The number of nitrogens with one attached hydrogen (secondary N) is 1. The van der Waals surface area contributed by atoms with Crippen LogP contribution in [0.15, 0.2) is 29.2 Å². The van der Waals surface area contributed by atoms with E-state index in [1.807, 2.05) is 19.1 Å². The third-order valence-corrected chi connectivity index (χ3v) is 5.02. The zero-order chi connectivity index (χ0) is 13.2. The first-order chi connectivity index (χ1) is 8.49. The molecule has 0 aliphatic carbocycles. The van der Waals surface area contributed by atoms with E-state index in [1.54, 1.807) is 12.1 Å². The van der Waals surface area contributed by atoms with E-state index in [2.05, 4.69) is 16.7 Å². The summed E-state index contributed by atoms with van der Waals surface area (Å²) < 4.78 is 27.1. The molecule has 0 amide bonds. The zero-order valence-corrected chi connectivity index (χ0v) is 11.7. The normalized spacial score (nSPS) is 21.3. The van der Waals surface area contributed by atoms with E-state index >= 15 is 0 Å². The third-order valence-electron chi connectivity index (χ3n) is 3.43. The number of nitrogens with zero attached hydrogens (tertiary/aromatic N) is 1. The Morgan fingerprint density at radius 1 is 1.39 bits per heavy atom. The van der Waals surface area contributed by atoms with Crippen molar-refractivity contribution < 1.29 is 8.42 Å². The lowest BCUT2D eigenvalue weighted by Crippen LogP contribution is -2.30. The lowest BCUT2D eigenvalue weighted by Gasteiger charge is -2.13. The number of hydrogen-bond acceptors (Lipinski definition) is 3. The largest absolute Gasteiger partial charge is 0.306 e. The van der Waals surface area contributed by atoms with Gasteiger partial charge in [0, 0.05) is 13.1 Å². The van der Waals surface area contributed by atoms with Crippen molar-refractivity contribution in [3.05, 3.63) is 29.8 Å². The van der Waals surface area contributed by atoms with Gasteiger partial charge in [-0.1, -0.05) is 18.2 Å². The lowest BCUT2D eigenvalue weighted by molar-refractivity contribution is 0.394. The fraction of sp³-hybridized carbons (Fsp3) is 0.538. The zero-order valence-electron chi connectivity index (χ0n) is 10.9. The van der Waals surface area contributed by atoms with Crippen molar-refractivity contribution in [2.75, 3.05) is 26.7 Å². The van der Waals surface area contributed by atoms with E-state index in [0.717, 1.165) is 25.1 Å². The first kappa shape index (κ1) is 13.5. The summed E-state index contributed by atoms with van der Waals surface area (Å²) in [6.07, 6.45) is 1.06. The van der Waals surface area contributed by atoms with E-state index in [-0.39, 0.29) is 0 Å². The smallest absolute Gasteiger partial charge is 0.240 e. The Balaban J connectivity index is 2.02. The van der Waals surface area contributed by atoms with Crippen LogP contribution < -0.4 is 4.72 Å². The number of sulfonamides is 1. The first-order valence-corrected chi connectivity index (χ1v) is 7.71. The number of benzene rings is 1. The van der Waals surface area contributed by atoms with Gasteiger partial charge in [0.1, 0.15) is 0 Å². The fourth-order valence-corrected chi connectivity index (χ4v) is 3.72. The van der Waals surface area contributed by atoms with Gasteiger partial charge in [-0.3, -0.25) is 0 Å². The van der Waals surface area contributed by atoms with Gasteiger partial charge in [0.2, 0.25) is 10.0 Å². The van der Waals surface area contributed by atoms with Gasteiger partial charge in [-0.25, -0.2) is 13.1 Å². The Kier molecular flexibility index (Phi) is 4.04. The maximum atomic E-state index is 12.2. The van der Waals surface area contributed by atoms with Crippen molar-refractivity contribution in [3.8, 4) is 0 Å². The Labute approximate surface area is 109 Å². The quantitative estimate of drug-likeness (QED) is 0.893. The van der Waals surface area contributed by atoms with Crippen LogP contribution in [0.5, 0.6) is 0 Å². The summed E-state index contributed by atoms with van der Waals surface area (Å²) in [6, 6.07) is 7.07. The Hall–Kier alpha value is -0.910. The molecule has 0 radical (unpaired) electrons. The first-order valence-electron chi connectivity index (χ1n) is 6.23. The van der Waals surface area contributed by atoms with E-state index in [9.17, 15) is 8.42 Å². The highest BCUT2D eigenvalue weighted by Crippen LogP contribution is 2.16. The number of rotatable bonds is 4. The van der Waals surface area contributed by atoms with Crippen molar-refractivity contribution in [2.45, 2.75) is 18.2 Å². The summed E-state index contributed by atoms with van der Waals surface area (Å²) in [4.78, 5) is 2.61. The molecule has 100 valence electrons. The molecule has 1 aromatic rings. The van der Waals surface area contributed by atoms with E-state index in [4.69, 9.17) is 0 Å². The topological polar surface area (TPSA) is 49.4 Å². The molecule has 0 aromatic heterocycles. The second-order valence-electron chi connectivity index (χ2n) is 5.03. The maximum Gasteiger partial charge on any atom is 0.240 e. The van der Waals surface area contributed by atoms with Gasteiger partial charge >= 0.3 is 0 Å². The average Bonchev–Trinajstić information content (AvgIpc) is 2.73. The molecule has 1 atom stereocenters. The molecule has 0 saturated carbocycles. The summed E-state index contributed by atoms with van der Waals surface area (Å²) in [5.41, 5.74) is 0.786. The van der Waals surface area contributed by atoms with Gasteiger partial charge in [-0.15, -0.1) is 0 Å². The van der Waals surface area contributed by atoms with Gasteiger partial charge in [0.15, 0.2) is 0 Å². The van der Waals surface area contributed by atoms with Gasteiger partial charge in [0.05, 0.1) is 4.90 Å². The lowest BCUT2D eigenvalue weighted by atomic mass is 10.1. The van der Waals surface area contributed by atoms with Crippen molar-refractivity contribution in [3.63, 3.8) is 0 Å². The van der Waals surface area contributed by atoms with Crippen LogP contribution in [0, 0.1) is 12.8 Å². The summed E-state index contributed by atoms with van der Waals surface area (Å²) in [6.45, 7) is 4.37. The molecule has 18 heavy (non-hydrogen) atoms. The molecule has 1 N–H and O–H groups in total. The van der Waals surface area contributed by atoms with Crippen molar-refractivity contribution >= 4 is 10.0 Å². The summed E-state index contributed by atoms with van der Waals surface area (Å²) >= 11 is 0. The average molecular weight is 268 g/mol. The minimum atomic E-state index is -3.36. The maximum absolute atomic E-state index is 12.2. The van der Waals surface area contributed by atoms with E-state index in [0.29, 0.717) is 17.4 Å². The highest BCUT2D eigenvalue weighted by atomic mass is 32.2. The number of likely N-dealkylation sites (tertiary alicyclic amines) is 1. The van der Waals surface area contributed by atoms with Crippen molar-refractivity contribution in [2.24, 2.45) is 5.92 Å². The molecule has 2 rings (SSSR count). The Morgan fingerprint density at radius 2 is 2.11 bits per heavy atom. The number of hydrogen-bond donors (Lipinski definition) is 1. The molecule has 4 nitrogen and oxygen atoms in total. The molecular formula is C13H20N2O2S. The summed E-state index contributed by atoms with van der Waals surface area (Å²) in [5.74, 6) is 0.425. The molecule has 1 aliphatic rings. The Morgan fingerprint density at radius 3 is 2.72 bits per heavy atom. The predicted molar refractivity (Wildman–Crippen MR) is 72.0 cm³/mol. The van der Waals surface area contributed by atoms with Crippen LogP contribution in [0.2, 0.25) is 0 Å². The molecule has 1 heterocycles. The summed E-state index contributed by atoms with van der Waals surface area (Å²) in [7, 11) is -1.30. The van der Waals surface area contributed by atoms with Gasteiger partial charge in [-0.05, 0) is 44.5 Å². The van der Waals surface area contributed by atoms with Crippen LogP contribution in [0.1, 0.15) is 12.0 Å². The van der Waals surface area contributed by atoms with Gasteiger partial charge in [-0.2, -0.15) is 0 Å². The molecule has 0 spiro atoms. The molecular weight excluding hydrogens is 248 g/mol. The van der Waals surface area contributed by atoms with Crippen molar-refractivity contribution in [1.29, 1.82) is 0 Å². The molecule has 0 bridgehead atoms. The standard InChI is InChI=1S/C13H20N2O2S/c1-11-5-3-4-6-13(11)18(16,17)14-9-12-7-8-15(2)10-12/h3-6,12,14H,7-10H2,1-2H3.